The van der Waals surface area contributed by atoms with Crippen LogP contribution in [-0.4, -0.2) is 0 Å². The standard InChI is InChI=1S/C42H24S3/c1-4-19-37-31(10-1)34-16-7-13-28(40(34)43-37)25-22-26(29-14-8-17-35-32-11-2-5-20-38(32)44-41(29)35)24-27(23-25)30-15-9-18-36-33-12-3-6-21-39(33)45-42(30)36/h1-4,7-19,22-24H,5,20H2. The summed E-state index contributed by atoms with van der Waals surface area (Å²) in [5.41, 5.74) is 9.08. The normalized spacial score (nSPS) is 12.9. The van der Waals surface area contributed by atoms with E-state index in [4.69, 9.17) is 0 Å². The zero-order valence-electron chi connectivity index (χ0n) is 24.2. The van der Waals surface area contributed by atoms with Gasteiger partial charge in [0.05, 0.1) is 4.70 Å². The summed E-state index contributed by atoms with van der Waals surface area (Å²) < 4.78 is 6.54. The second kappa shape index (κ2) is 9.89. The summed E-state index contributed by atoms with van der Waals surface area (Å²) in [6.07, 6.45) is 6.92. The van der Waals surface area contributed by atoms with E-state index >= 15 is 0 Å². The van der Waals surface area contributed by atoms with Gasteiger partial charge in [-0.15, -0.1) is 34.0 Å². The molecule has 0 unspecified atom stereocenters. The van der Waals surface area contributed by atoms with Crippen molar-refractivity contribution >= 4 is 90.5 Å². The topological polar surface area (TPSA) is 0 Å². The maximum absolute atomic E-state index is 3.36. The fraction of sp³-hybridized carbons (Fsp3) is 0.0476. The molecule has 0 nitrogen and oxygen atoms in total. The van der Waals surface area contributed by atoms with Crippen LogP contribution >= 0.6 is 34.0 Å². The summed E-state index contributed by atoms with van der Waals surface area (Å²) in [7, 11) is 0. The Kier molecular flexibility index (Phi) is 5.63. The number of thiophene rings is 3. The predicted octanol–water partition coefficient (Wildman–Crippen LogP) is 13.2. The molecular weight excluding hydrogens is 601 g/mol. The van der Waals surface area contributed by atoms with E-state index < -0.39 is 0 Å². The molecule has 3 aromatic heterocycles. The van der Waals surface area contributed by atoms with Crippen molar-refractivity contribution in [1.82, 2.24) is 0 Å². The molecule has 0 spiro atoms. The smallest absolute Gasteiger partial charge is 0.0857 e. The molecule has 3 heteroatoms. The van der Waals surface area contributed by atoms with E-state index in [1.165, 1.54) is 89.6 Å². The highest BCUT2D eigenvalue weighted by Crippen LogP contribution is 2.46. The van der Waals surface area contributed by atoms with Crippen LogP contribution in [0.5, 0.6) is 0 Å². The molecule has 6 aromatic carbocycles. The highest BCUT2D eigenvalue weighted by Gasteiger charge is 2.19. The zero-order chi connectivity index (χ0) is 29.5. The second-order valence-electron chi connectivity index (χ2n) is 11.8. The molecular formula is C42H24S3. The quantitative estimate of drug-likeness (QED) is 0.183. The van der Waals surface area contributed by atoms with Gasteiger partial charge in [-0.25, -0.2) is 0 Å². The summed E-state index contributed by atoms with van der Waals surface area (Å²) >= 11 is 5.70. The van der Waals surface area contributed by atoms with E-state index in [2.05, 4.69) is 127 Å². The van der Waals surface area contributed by atoms with Crippen molar-refractivity contribution in [3.05, 3.63) is 138 Å². The van der Waals surface area contributed by atoms with Gasteiger partial charge in [0, 0.05) is 50.6 Å². The van der Waals surface area contributed by atoms with E-state index in [9.17, 15) is 0 Å². The van der Waals surface area contributed by atoms with Crippen molar-refractivity contribution in [3.63, 3.8) is 0 Å². The Morgan fingerprint density at radius 2 is 1.16 bits per heavy atom. The third kappa shape index (κ3) is 3.90. The van der Waals surface area contributed by atoms with Gasteiger partial charge in [0.15, 0.2) is 0 Å². The highest BCUT2D eigenvalue weighted by atomic mass is 32.1. The molecule has 9 aromatic rings. The minimum Gasteiger partial charge on any atom is -0.139 e. The first-order chi connectivity index (χ1) is 22.3. The maximum Gasteiger partial charge on any atom is 0.0857 e. The lowest BCUT2D eigenvalue weighted by Crippen LogP contribution is -1.88. The van der Waals surface area contributed by atoms with Crippen LogP contribution in [0.1, 0.15) is 16.9 Å². The van der Waals surface area contributed by atoms with Crippen LogP contribution in [-0.2, 0) is 6.42 Å². The van der Waals surface area contributed by atoms with Crippen molar-refractivity contribution < 1.29 is 0 Å². The Morgan fingerprint density at radius 1 is 0.533 bits per heavy atom. The van der Waals surface area contributed by atoms with Crippen LogP contribution in [0.15, 0.2) is 115 Å². The van der Waals surface area contributed by atoms with Crippen LogP contribution in [0, 0.1) is 12.1 Å². The first kappa shape index (κ1) is 25.6. The third-order valence-corrected chi connectivity index (χ3v) is 12.9. The average Bonchev–Trinajstić information content (AvgIpc) is 3.79. The van der Waals surface area contributed by atoms with Crippen LogP contribution in [0.2, 0.25) is 0 Å². The third-order valence-electron chi connectivity index (χ3n) is 9.20. The van der Waals surface area contributed by atoms with Gasteiger partial charge in [-0.1, -0.05) is 97.1 Å². The molecule has 1 aliphatic carbocycles. The second-order valence-corrected chi connectivity index (χ2v) is 14.9. The first-order valence-electron chi connectivity index (χ1n) is 15.3. The molecule has 1 aliphatic rings. The Hall–Kier alpha value is -4.72. The van der Waals surface area contributed by atoms with Crippen molar-refractivity contribution in [2.24, 2.45) is 0 Å². The van der Waals surface area contributed by atoms with Gasteiger partial charge in [-0.3, -0.25) is 0 Å². The van der Waals surface area contributed by atoms with Crippen molar-refractivity contribution in [2.45, 2.75) is 12.8 Å². The molecule has 0 saturated carbocycles. The lowest BCUT2D eigenvalue weighted by molar-refractivity contribution is 1.02. The molecule has 0 amide bonds. The Bertz CT molecular complexity index is 2530. The molecule has 0 atom stereocenters. The summed E-state index contributed by atoms with van der Waals surface area (Å²) in [5.74, 6) is 0. The number of hydrogen-bond acceptors (Lipinski definition) is 3. The van der Waals surface area contributed by atoms with E-state index in [0.717, 1.165) is 17.5 Å². The molecule has 0 bridgehead atoms. The Balaban J connectivity index is 1.28. The van der Waals surface area contributed by atoms with Gasteiger partial charge in [0.1, 0.15) is 0 Å². The van der Waals surface area contributed by atoms with Crippen LogP contribution in [0.3, 0.4) is 0 Å². The summed E-state index contributed by atoms with van der Waals surface area (Å²) in [6.45, 7) is 0. The number of benzene rings is 5. The lowest BCUT2D eigenvalue weighted by atomic mass is 9.91. The summed E-state index contributed by atoms with van der Waals surface area (Å²) in [5, 5.41) is 6.58. The summed E-state index contributed by atoms with van der Waals surface area (Å²) in [4.78, 5) is 1.51. The minimum absolute atomic E-state index is 1.13. The number of hydrogen-bond donors (Lipinski definition) is 0. The van der Waals surface area contributed by atoms with E-state index in [1.54, 1.807) is 0 Å². The number of aryl methyl sites for hydroxylation is 1. The van der Waals surface area contributed by atoms with Gasteiger partial charge < -0.3 is 0 Å². The van der Waals surface area contributed by atoms with Crippen molar-refractivity contribution in [3.8, 4) is 33.4 Å². The lowest BCUT2D eigenvalue weighted by Gasteiger charge is -2.13. The number of fused-ring (bicyclic) bond motifs is 9. The molecule has 45 heavy (non-hydrogen) atoms. The molecule has 0 aliphatic heterocycles. The van der Waals surface area contributed by atoms with Crippen LogP contribution in [0.4, 0.5) is 0 Å². The van der Waals surface area contributed by atoms with Gasteiger partial charge >= 0.3 is 0 Å². The van der Waals surface area contributed by atoms with Crippen molar-refractivity contribution in [1.29, 1.82) is 0 Å². The van der Waals surface area contributed by atoms with E-state index in [1.807, 2.05) is 40.1 Å². The first-order valence-corrected chi connectivity index (χ1v) is 17.8. The molecule has 10 rings (SSSR count). The molecule has 3 heterocycles. The van der Waals surface area contributed by atoms with Gasteiger partial charge in [0.2, 0.25) is 0 Å². The maximum atomic E-state index is 3.36. The Morgan fingerprint density at radius 3 is 1.91 bits per heavy atom. The minimum atomic E-state index is 1.13. The predicted molar refractivity (Wildman–Crippen MR) is 199 cm³/mol. The number of rotatable bonds is 3. The fourth-order valence-electron chi connectivity index (χ4n) is 7.12. The molecule has 0 fully saturated rings. The fourth-order valence-corrected chi connectivity index (χ4v) is 10.9. The molecule has 0 radical (unpaired) electrons. The molecule has 210 valence electrons. The largest absolute Gasteiger partial charge is 0.139 e. The Labute approximate surface area is 273 Å². The van der Waals surface area contributed by atoms with Crippen LogP contribution in [0.25, 0.3) is 89.9 Å². The molecule has 0 N–H and O–H groups in total. The highest BCUT2D eigenvalue weighted by molar-refractivity contribution is 7.26. The van der Waals surface area contributed by atoms with Gasteiger partial charge in [-0.05, 0) is 88.2 Å². The average molecular weight is 625 g/mol. The molecule has 0 saturated heterocycles. The van der Waals surface area contributed by atoms with Gasteiger partial charge in [-0.2, -0.15) is 0 Å². The monoisotopic (exact) mass is 624 g/mol. The van der Waals surface area contributed by atoms with Crippen LogP contribution < -0.4 is 0 Å². The van der Waals surface area contributed by atoms with Gasteiger partial charge in [0.25, 0.3) is 0 Å². The van der Waals surface area contributed by atoms with Crippen molar-refractivity contribution in [2.75, 3.05) is 0 Å². The number of allylic oxidation sites excluding steroid dienone is 1. The SMILES string of the molecule is c1ccc2c(c#1)sc1c(-c3cc(-c4cccc5c6c(sc45)CCC=C6)cc(-c4cccc5c4sc4ccccc45)c3)cccc12. The zero-order valence-corrected chi connectivity index (χ0v) is 26.6. The van der Waals surface area contributed by atoms with E-state index in [0.29, 0.717) is 0 Å². The van der Waals surface area contributed by atoms with E-state index in [-0.39, 0.29) is 0 Å². The summed E-state index contributed by atoms with van der Waals surface area (Å²) in [6, 6.07) is 47.2.